The second kappa shape index (κ2) is 6.78. The Kier molecular flexibility index (Phi) is 4.78. The van der Waals surface area contributed by atoms with E-state index in [1.54, 1.807) is 0 Å². The standard InChI is InChI=1S/C29H48O4/c1-16-13-17(14-25(2,3)32)33-24-21(16)27(6)11-12-28-15-29(28)10-9-20(30)26(4,5)19(29)8-7-18(28)22(27)23(24)31/h16-24,30-32H,7-15H2,1-6H3. The first-order valence-electron chi connectivity index (χ1n) is 14.0. The van der Waals surface area contributed by atoms with Crippen LogP contribution in [0.1, 0.15) is 99.3 Å². The molecule has 4 heteroatoms. The second-order valence-electron chi connectivity index (χ2n) is 15.1. The molecule has 2 spiro atoms. The van der Waals surface area contributed by atoms with Crippen molar-refractivity contribution in [3.05, 3.63) is 0 Å². The molecule has 33 heavy (non-hydrogen) atoms. The van der Waals surface area contributed by atoms with Gasteiger partial charge in [0.2, 0.25) is 0 Å². The normalized spacial score (nSPS) is 59.0. The van der Waals surface area contributed by atoms with Crippen molar-refractivity contribution in [2.24, 2.45) is 51.2 Å². The number of rotatable bonds is 2. The van der Waals surface area contributed by atoms with Crippen LogP contribution in [0.25, 0.3) is 0 Å². The summed E-state index contributed by atoms with van der Waals surface area (Å²) in [5.41, 5.74) is 0.223. The highest BCUT2D eigenvalue weighted by Gasteiger charge is 2.81. The van der Waals surface area contributed by atoms with Crippen LogP contribution in [-0.2, 0) is 4.74 Å². The smallest absolute Gasteiger partial charge is 0.0876 e. The lowest BCUT2D eigenvalue weighted by Crippen LogP contribution is -2.55. The van der Waals surface area contributed by atoms with Crippen molar-refractivity contribution in [1.29, 1.82) is 0 Å². The van der Waals surface area contributed by atoms with E-state index in [0.29, 0.717) is 46.8 Å². The summed E-state index contributed by atoms with van der Waals surface area (Å²) in [7, 11) is 0. The van der Waals surface area contributed by atoms with Gasteiger partial charge < -0.3 is 20.1 Å². The van der Waals surface area contributed by atoms with Crippen LogP contribution in [0.15, 0.2) is 0 Å². The molecule has 0 aromatic carbocycles. The Hall–Kier alpha value is -0.160. The Morgan fingerprint density at radius 2 is 1.67 bits per heavy atom. The van der Waals surface area contributed by atoms with E-state index >= 15 is 0 Å². The first kappa shape index (κ1) is 23.3. The maximum absolute atomic E-state index is 11.9. The van der Waals surface area contributed by atoms with E-state index in [1.165, 1.54) is 38.5 Å². The minimum atomic E-state index is -0.737. The number of hydrogen-bond donors (Lipinski definition) is 3. The number of aliphatic hydroxyl groups is 3. The van der Waals surface area contributed by atoms with Gasteiger partial charge in [0.15, 0.2) is 0 Å². The van der Waals surface area contributed by atoms with Crippen molar-refractivity contribution in [1.82, 2.24) is 0 Å². The molecule has 6 rings (SSSR count). The SMILES string of the molecule is CC1CC(CC(C)(C)O)OC2C(O)C3C4CCC5C(C)(C)C(O)CCC56CC46CCC3(C)C12. The maximum atomic E-state index is 11.9. The average Bonchev–Trinajstić information content (AvgIpc) is 3.30. The molecule has 6 fully saturated rings. The molecule has 0 radical (unpaired) electrons. The van der Waals surface area contributed by atoms with E-state index in [9.17, 15) is 15.3 Å². The molecular formula is C29H48O4. The van der Waals surface area contributed by atoms with Gasteiger partial charge in [-0.05, 0) is 116 Å². The fourth-order valence-electron chi connectivity index (χ4n) is 11.6. The zero-order valence-corrected chi connectivity index (χ0v) is 21.8. The molecule has 12 atom stereocenters. The Morgan fingerprint density at radius 3 is 2.36 bits per heavy atom. The summed E-state index contributed by atoms with van der Waals surface area (Å²) in [6.07, 6.45) is 9.46. The Morgan fingerprint density at radius 1 is 0.939 bits per heavy atom. The van der Waals surface area contributed by atoms with Crippen LogP contribution in [-0.4, -0.2) is 45.3 Å². The molecule has 5 aliphatic carbocycles. The predicted octanol–water partition coefficient (Wildman–Crippen LogP) is 4.93. The van der Waals surface area contributed by atoms with E-state index in [2.05, 4.69) is 27.7 Å². The molecular weight excluding hydrogens is 412 g/mol. The number of hydrogen-bond acceptors (Lipinski definition) is 4. The van der Waals surface area contributed by atoms with Crippen LogP contribution < -0.4 is 0 Å². The summed E-state index contributed by atoms with van der Waals surface area (Å²) in [6.45, 7) is 13.3. The van der Waals surface area contributed by atoms with Crippen molar-refractivity contribution in [2.75, 3.05) is 0 Å². The Labute approximate surface area is 200 Å². The monoisotopic (exact) mass is 460 g/mol. The zero-order valence-electron chi connectivity index (χ0n) is 21.8. The van der Waals surface area contributed by atoms with Crippen molar-refractivity contribution in [3.63, 3.8) is 0 Å². The van der Waals surface area contributed by atoms with Gasteiger partial charge >= 0.3 is 0 Å². The molecule has 1 saturated heterocycles. The zero-order chi connectivity index (χ0) is 23.8. The number of aliphatic hydroxyl groups excluding tert-OH is 2. The van der Waals surface area contributed by atoms with Gasteiger partial charge in [0, 0.05) is 6.42 Å². The van der Waals surface area contributed by atoms with Gasteiger partial charge in [0.05, 0.1) is 30.0 Å². The van der Waals surface area contributed by atoms with Crippen molar-refractivity contribution in [3.8, 4) is 0 Å². The molecule has 0 aromatic rings. The van der Waals surface area contributed by atoms with Gasteiger partial charge in [-0.15, -0.1) is 0 Å². The van der Waals surface area contributed by atoms with Crippen LogP contribution in [0, 0.1) is 51.2 Å². The quantitative estimate of drug-likeness (QED) is 0.546. The summed E-state index contributed by atoms with van der Waals surface area (Å²) < 4.78 is 6.66. The van der Waals surface area contributed by atoms with Gasteiger partial charge in [0.25, 0.3) is 0 Å². The van der Waals surface area contributed by atoms with Crippen LogP contribution in [0.4, 0.5) is 0 Å². The largest absolute Gasteiger partial charge is 0.393 e. The van der Waals surface area contributed by atoms with Gasteiger partial charge in [-0.25, -0.2) is 0 Å². The molecule has 6 aliphatic rings. The molecule has 0 amide bonds. The van der Waals surface area contributed by atoms with Crippen LogP contribution in [0.2, 0.25) is 0 Å². The molecule has 4 nitrogen and oxygen atoms in total. The van der Waals surface area contributed by atoms with Gasteiger partial charge in [0.1, 0.15) is 0 Å². The molecule has 0 aromatic heterocycles. The highest BCUT2D eigenvalue weighted by Crippen LogP contribution is 2.87. The van der Waals surface area contributed by atoms with E-state index in [-0.39, 0.29) is 35.2 Å². The van der Waals surface area contributed by atoms with E-state index in [4.69, 9.17) is 4.74 Å². The van der Waals surface area contributed by atoms with E-state index < -0.39 is 5.60 Å². The molecule has 1 heterocycles. The molecule has 12 unspecified atom stereocenters. The summed E-state index contributed by atoms with van der Waals surface area (Å²) in [5.74, 6) is 2.50. The van der Waals surface area contributed by atoms with Crippen molar-refractivity contribution >= 4 is 0 Å². The van der Waals surface area contributed by atoms with Crippen molar-refractivity contribution < 1.29 is 20.1 Å². The number of ether oxygens (including phenoxy) is 1. The first-order chi connectivity index (χ1) is 15.3. The third-order valence-electron chi connectivity index (χ3n) is 12.7. The molecule has 1 aliphatic heterocycles. The summed E-state index contributed by atoms with van der Waals surface area (Å²) in [5, 5.41) is 33.2. The molecule has 0 bridgehead atoms. The van der Waals surface area contributed by atoms with E-state index in [0.717, 1.165) is 12.8 Å². The highest BCUT2D eigenvalue weighted by atomic mass is 16.5. The molecule has 188 valence electrons. The van der Waals surface area contributed by atoms with Crippen LogP contribution in [0.3, 0.4) is 0 Å². The third kappa shape index (κ3) is 2.84. The first-order valence-corrected chi connectivity index (χ1v) is 14.0. The lowest BCUT2D eigenvalue weighted by molar-refractivity contribution is -0.155. The van der Waals surface area contributed by atoms with Crippen LogP contribution >= 0.6 is 0 Å². The fraction of sp³-hybridized carbons (Fsp3) is 1.00. The van der Waals surface area contributed by atoms with Gasteiger partial charge in [-0.3, -0.25) is 0 Å². The predicted molar refractivity (Wildman–Crippen MR) is 128 cm³/mol. The fourth-order valence-corrected chi connectivity index (χ4v) is 11.6. The minimum absolute atomic E-state index is 0.0116. The van der Waals surface area contributed by atoms with Crippen LogP contribution in [0.5, 0.6) is 0 Å². The molecule has 5 saturated carbocycles. The molecule has 3 N–H and O–H groups in total. The second-order valence-corrected chi connectivity index (χ2v) is 15.1. The highest BCUT2D eigenvalue weighted by molar-refractivity contribution is 5.30. The summed E-state index contributed by atoms with van der Waals surface area (Å²) in [4.78, 5) is 0. The summed E-state index contributed by atoms with van der Waals surface area (Å²) in [6, 6.07) is 0. The van der Waals surface area contributed by atoms with Crippen molar-refractivity contribution in [2.45, 2.75) is 129 Å². The minimum Gasteiger partial charge on any atom is -0.393 e. The van der Waals surface area contributed by atoms with E-state index in [1.807, 2.05) is 13.8 Å². The van der Waals surface area contributed by atoms with Gasteiger partial charge in [-0.2, -0.15) is 0 Å². The van der Waals surface area contributed by atoms with Gasteiger partial charge in [-0.1, -0.05) is 27.7 Å². The lowest BCUT2D eigenvalue weighted by Gasteiger charge is -2.59. The third-order valence-corrected chi connectivity index (χ3v) is 12.7. The number of fused-ring (bicyclic) bond motifs is 4. The lowest BCUT2D eigenvalue weighted by atomic mass is 9.46. The maximum Gasteiger partial charge on any atom is 0.0876 e. The Bertz CT molecular complexity index is 817. The summed E-state index contributed by atoms with van der Waals surface area (Å²) >= 11 is 0. The Balaban J connectivity index is 1.31. The average molecular weight is 461 g/mol. The topological polar surface area (TPSA) is 69.9 Å².